The van der Waals surface area contributed by atoms with Gasteiger partial charge in [0.2, 0.25) is 0 Å². The number of rotatable bonds is 7. The molecule has 1 heterocycles. The van der Waals surface area contributed by atoms with E-state index in [1.165, 1.54) is 4.90 Å². The van der Waals surface area contributed by atoms with Crippen LogP contribution in [0, 0.1) is 0 Å². The largest absolute Gasteiger partial charge is 0.507 e. The molecule has 2 aromatic carbocycles. The number of likely N-dealkylation sites (N-methyl/N-ethyl adjacent to an activating group) is 1. The first-order chi connectivity index (χ1) is 14.7. The van der Waals surface area contributed by atoms with Gasteiger partial charge in [0.25, 0.3) is 11.7 Å². The Hall–Kier alpha value is -2.64. The predicted octanol–water partition coefficient (Wildman–Crippen LogP) is 4.22. The van der Waals surface area contributed by atoms with Crippen LogP contribution in [0.5, 0.6) is 5.75 Å². The number of carbonyl (C=O) groups excluding carboxylic acids is 2. The second-order valence-electron chi connectivity index (χ2n) is 8.04. The van der Waals surface area contributed by atoms with Gasteiger partial charge in [0.15, 0.2) is 0 Å². The van der Waals surface area contributed by atoms with E-state index in [0.717, 1.165) is 10.0 Å². The second-order valence-corrected chi connectivity index (χ2v) is 8.95. The van der Waals surface area contributed by atoms with Gasteiger partial charge in [-0.3, -0.25) is 9.59 Å². The number of Topliss-reactive ketones (excluding diaryl/α,β-unsaturated/α-hetero) is 1. The molecule has 1 atom stereocenters. The zero-order valence-electron chi connectivity index (χ0n) is 18.1. The standard InChI is InChI=1S/C24H27BrN2O4/c1-15(2)31-19-11-7-17(8-12-19)22(28)20-21(16-5-9-18(25)10-6-16)27(14-13-26(3)4)24(30)23(20)29/h5-12,15,21,28H,13-14H2,1-4H3/b22-20+. The molecule has 0 spiro atoms. The molecule has 0 aromatic heterocycles. The molecule has 1 aliphatic heterocycles. The number of hydrogen-bond donors (Lipinski definition) is 1. The van der Waals surface area contributed by atoms with Crippen molar-refractivity contribution in [1.29, 1.82) is 0 Å². The molecule has 3 rings (SSSR count). The quantitative estimate of drug-likeness (QED) is 0.360. The van der Waals surface area contributed by atoms with E-state index in [9.17, 15) is 14.7 Å². The molecular weight excluding hydrogens is 460 g/mol. The van der Waals surface area contributed by atoms with E-state index in [2.05, 4.69) is 15.9 Å². The van der Waals surface area contributed by atoms with Crippen LogP contribution in [0.25, 0.3) is 5.76 Å². The minimum absolute atomic E-state index is 0.0267. The van der Waals surface area contributed by atoms with Crippen LogP contribution in [0.2, 0.25) is 0 Å². The van der Waals surface area contributed by atoms with Crippen LogP contribution in [-0.4, -0.2) is 59.9 Å². The van der Waals surface area contributed by atoms with Crippen LogP contribution in [-0.2, 0) is 9.59 Å². The number of nitrogens with zero attached hydrogens (tertiary/aromatic N) is 2. The summed E-state index contributed by atoms with van der Waals surface area (Å²) in [5.41, 5.74) is 1.33. The lowest BCUT2D eigenvalue weighted by Crippen LogP contribution is -2.35. The summed E-state index contributed by atoms with van der Waals surface area (Å²) >= 11 is 3.42. The molecule has 6 nitrogen and oxygen atoms in total. The lowest BCUT2D eigenvalue weighted by molar-refractivity contribution is -0.140. The monoisotopic (exact) mass is 486 g/mol. The van der Waals surface area contributed by atoms with Crippen molar-refractivity contribution in [3.8, 4) is 5.75 Å². The molecule has 1 amide bonds. The summed E-state index contributed by atoms with van der Waals surface area (Å²) in [4.78, 5) is 29.3. The van der Waals surface area contributed by atoms with Crippen molar-refractivity contribution in [1.82, 2.24) is 9.80 Å². The van der Waals surface area contributed by atoms with Gasteiger partial charge in [0.1, 0.15) is 11.5 Å². The van der Waals surface area contributed by atoms with Gasteiger partial charge >= 0.3 is 0 Å². The van der Waals surface area contributed by atoms with Gasteiger partial charge in [-0.25, -0.2) is 0 Å². The van der Waals surface area contributed by atoms with Gasteiger partial charge in [0.05, 0.1) is 17.7 Å². The molecule has 0 radical (unpaired) electrons. The number of halogens is 1. The average Bonchev–Trinajstić information content (AvgIpc) is 2.97. The minimum atomic E-state index is -0.674. The molecular formula is C24H27BrN2O4. The maximum atomic E-state index is 13.0. The summed E-state index contributed by atoms with van der Waals surface area (Å²) in [5.74, 6) is -0.792. The highest BCUT2D eigenvalue weighted by Gasteiger charge is 2.45. The van der Waals surface area contributed by atoms with Gasteiger partial charge in [-0.15, -0.1) is 0 Å². The zero-order valence-corrected chi connectivity index (χ0v) is 19.7. The first kappa shape index (κ1) is 23.0. The summed E-state index contributed by atoms with van der Waals surface area (Å²) in [6, 6.07) is 13.7. The first-order valence-corrected chi connectivity index (χ1v) is 10.9. The van der Waals surface area contributed by atoms with Crippen LogP contribution < -0.4 is 4.74 Å². The Morgan fingerprint density at radius 1 is 1.10 bits per heavy atom. The number of aliphatic hydroxyl groups is 1. The van der Waals surface area contributed by atoms with E-state index >= 15 is 0 Å². The molecule has 1 aliphatic rings. The number of likely N-dealkylation sites (tertiary alicyclic amines) is 1. The number of ether oxygens (including phenoxy) is 1. The average molecular weight is 487 g/mol. The van der Waals surface area contributed by atoms with E-state index in [1.54, 1.807) is 24.3 Å². The highest BCUT2D eigenvalue weighted by molar-refractivity contribution is 9.10. The normalized spacial score (nSPS) is 18.3. The summed E-state index contributed by atoms with van der Waals surface area (Å²) in [7, 11) is 3.82. The first-order valence-electron chi connectivity index (χ1n) is 10.1. The predicted molar refractivity (Wildman–Crippen MR) is 124 cm³/mol. The van der Waals surface area contributed by atoms with Crippen LogP contribution in [0.4, 0.5) is 0 Å². The molecule has 7 heteroatoms. The Morgan fingerprint density at radius 3 is 2.26 bits per heavy atom. The third-order valence-corrected chi connectivity index (χ3v) is 5.54. The zero-order chi connectivity index (χ0) is 22.7. The third kappa shape index (κ3) is 5.17. The van der Waals surface area contributed by atoms with Crippen molar-refractivity contribution in [2.24, 2.45) is 0 Å². The summed E-state index contributed by atoms with van der Waals surface area (Å²) < 4.78 is 6.54. The maximum Gasteiger partial charge on any atom is 0.295 e. The van der Waals surface area contributed by atoms with Gasteiger partial charge in [-0.05, 0) is 69.9 Å². The van der Waals surface area contributed by atoms with Crippen molar-refractivity contribution in [2.75, 3.05) is 27.2 Å². The number of carbonyl (C=O) groups is 2. The molecule has 0 bridgehead atoms. The lowest BCUT2D eigenvalue weighted by atomic mass is 9.95. The van der Waals surface area contributed by atoms with E-state index in [1.807, 2.05) is 57.1 Å². The fourth-order valence-corrected chi connectivity index (χ4v) is 3.79. The molecule has 0 aliphatic carbocycles. The smallest absolute Gasteiger partial charge is 0.295 e. The molecule has 2 aromatic rings. The van der Waals surface area contributed by atoms with Gasteiger partial charge in [-0.1, -0.05) is 28.1 Å². The van der Waals surface area contributed by atoms with Crippen LogP contribution in [0.15, 0.2) is 58.6 Å². The molecule has 1 fully saturated rings. The number of ketones is 1. The van der Waals surface area contributed by atoms with Crippen molar-refractivity contribution >= 4 is 33.4 Å². The van der Waals surface area contributed by atoms with Crippen molar-refractivity contribution in [3.63, 3.8) is 0 Å². The van der Waals surface area contributed by atoms with E-state index in [-0.39, 0.29) is 17.4 Å². The highest BCUT2D eigenvalue weighted by atomic mass is 79.9. The molecule has 1 unspecified atom stereocenters. The Balaban J connectivity index is 2.06. The number of hydrogen-bond acceptors (Lipinski definition) is 5. The SMILES string of the molecule is CC(C)Oc1ccc(/C(O)=C2\C(=O)C(=O)N(CCN(C)C)C2c2ccc(Br)cc2)cc1. The molecule has 31 heavy (non-hydrogen) atoms. The Labute approximate surface area is 191 Å². The minimum Gasteiger partial charge on any atom is -0.507 e. The van der Waals surface area contributed by atoms with Crippen LogP contribution in [0.3, 0.4) is 0 Å². The van der Waals surface area contributed by atoms with Gasteiger partial charge in [-0.2, -0.15) is 0 Å². The summed E-state index contributed by atoms with van der Waals surface area (Å²) in [5, 5.41) is 11.1. The Bertz CT molecular complexity index is 982. The van der Waals surface area contributed by atoms with Crippen LogP contribution >= 0.6 is 15.9 Å². The molecule has 1 saturated heterocycles. The number of aliphatic hydroxyl groups excluding tert-OH is 1. The topological polar surface area (TPSA) is 70.1 Å². The van der Waals surface area contributed by atoms with Gasteiger partial charge < -0.3 is 19.6 Å². The van der Waals surface area contributed by atoms with Crippen LogP contribution in [0.1, 0.15) is 31.0 Å². The Kier molecular flexibility index (Phi) is 7.18. The molecule has 1 N–H and O–H groups in total. The summed E-state index contributed by atoms with van der Waals surface area (Å²) in [6.07, 6.45) is 0.0267. The second kappa shape index (κ2) is 9.66. The van der Waals surface area contributed by atoms with Gasteiger partial charge in [0, 0.05) is 23.1 Å². The third-order valence-electron chi connectivity index (χ3n) is 5.01. The maximum absolute atomic E-state index is 13.0. The van der Waals surface area contributed by atoms with E-state index in [4.69, 9.17) is 4.74 Å². The highest BCUT2D eigenvalue weighted by Crippen LogP contribution is 2.39. The van der Waals surface area contributed by atoms with E-state index in [0.29, 0.717) is 24.4 Å². The number of benzene rings is 2. The molecule has 0 saturated carbocycles. The fraction of sp³-hybridized carbons (Fsp3) is 0.333. The lowest BCUT2D eigenvalue weighted by Gasteiger charge is -2.26. The number of amides is 1. The van der Waals surface area contributed by atoms with Crippen molar-refractivity contribution < 1.29 is 19.4 Å². The van der Waals surface area contributed by atoms with E-state index < -0.39 is 17.7 Å². The Morgan fingerprint density at radius 2 is 1.71 bits per heavy atom. The summed E-state index contributed by atoms with van der Waals surface area (Å²) in [6.45, 7) is 4.83. The molecule has 164 valence electrons. The van der Waals surface area contributed by atoms with Crippen molar-refractivity contribution in [2.45, 2.75) is 26.0 Å². The fourth-order valence-electron chi connectivity index (χ4n) is 3.53. The van der Waals surface area contributed by atoms with Crippen molar-refractivity contribution in [3.05, 3.63) is 69.7 Å².